The SMILES string of the molecule is CCC(C)c1ccccc1OCCN1CCOCC1. The molecule has 1 unspecified atom stereocenters. The van der Waals surface area contributed by atoms with E-state index < -0.39 is 0 Å². The molecule has 0 aliphatic carbocycles. The van der Waals surface area contributed by atoms with Crippen LogP contribution in [-0.4, -0.2) is 44.4 Å². The summed E-state index contributed by atoms with van der Waals surface area (Å²) in [5.41, 5.74) is 1.33. The third-order valence-corrected chi connectivity index (χ3v) is 3.83. The van der Waals surface area contributed by atoms with E-state index in [9.17, 15) is 0 Å². The van der Waals surface area contributed by atoms with Crippen LogP contribution in [0.25, 0.3) is 0 Å². The van der Waals surface area contributed by atoms with Crippen LogP contribution in [0.4, 0.5) is 0 Å². The van der Waals surface area contributed by atoms with Gasteiger partial charge in [0, 0.05) is 19.6 Å². The molecule has 19 heavy (non-hydrogen) atoms. The van der Waals surface area contributed by atoms with Gasteiger partial charge in [-0.25, -0.2) is 0 Å². The van der Waals surface area contributed by atoms with Gasteiger partial charge in [0.25, 0.3) is 0 Å². The average molecular weight is 263 g/mol. The predicted octanol–water partition coefficient (Wildman–Crippen LogP) is 2.91. The molecule has 3 nitrogen and oxygen atoms in total. The summed E-state index contributed by atoms with van der Waals surface area (Å²) in [6.45, 7) is 9.96. The van der Waals surface area contributed by atoms with Crippen molar-refractivity contribution in [3.63, 3.8) is 0 Å². The maximum absolute atomic E-state index is 5.98. The second kappa shape index (κ2) is 7.51. The summed E-state index contributed by atoms with van der Waals surface area (Å²) >= 11 is 0. The first kappa shape index (κ1) is 14.4. The molecule has 1 atom stereocenters. The Bertz CT molecular complexity index is 375. The molecule has 3 heteroatoms. The highest BCUT2D eigenvalue weighted by atomic mass is 16.5. The van der Waals surface area contributed by atoms with Gasteiger partial charge in [0.2, 0.25) is 0 Å². The molecule has 1 saturated heterocycles. The Balaban J connectivity index is 1.84. The number of para-hydroxylation sites is 1. The van der Waals surface area contributed by atoms with Gasteiger partial charge in [0.05, 0.1) is 13.2 Å². The maximum Gasteiger partial charge on any atom is 0.122 e. The Hall–Kier alpha value is -1.06. The Morgan fingerprint density at radius 1 is 1.26 bits per heavy atom. The van der Waals surface area contributed by atoms with E-state index in [1.807, 2.05) is 0 Å². The molecule has 1 fully saturated rings. The summed E-state index contributed by atoms with van der Waals surface area (Å²) in [7, 11) is 0. The van der Waals surface area contributed by atoms with E-state index in [1.165, 1.54) is 5.56 Å². The molecule has 1 aromatic rings. The van der Waals surface area contributed by atoms with Crippen LogP contribution < -0.4 is 4.74 Å². The highest BCUT2D eigenvalue weighted by molar-refractivity contribution is 5.35. The molecule has 0 aromatic heterocycles. The fraction of sp³-hybridized carbons (Fsp3) is 0.625. The molecule has 0 amide bonds. The van der Waals surface area contributed by atoms with E-state index in [-0.39, 0.29) is 0 Å². The average Bonchev–Trinajstić information content (AvgIpc) is 2.48. The van der Waals surface area contributed by atoms with E-state index in [2.05, 4.69) is 43.0 Å². The van der Waals surface area contributed by atoms with Crippen LogP contribution in [0.3, 0.4) is 0 Å². The molecule has 0 radical (unpaired) electrons. The lowest BCUT2D eigenvalue weighted by Crippen LogP contribution is -2.38. The monoisotopic (exact) mass is 263 g/mol. The van der Waals surface area contributed by atoms with Gasteiger partial charge >= 0.3 is 0 Å². The quantitative estimate of drug-likeness (QED) is 0.787. The highest BCUT2D eigenvalue weighted by Gasteiger charge is 2.12. The first-order valence-corrected chi connectivity index (χ1v) is 7.33. The molecule has 0 saturated carbocycles. The van der Waals surface area contributed by atoms with Crippen LogP contribution >= 0.6 is 0 Å². The second-order valence-electron chi connectivity index (χ2n) is 5.15. The third kappa shape index (κ3) is 4.22. The number of hydrogen-bond acceptors (Lipinski definition) is 3. The molecule has 106 valence electrons. The van der Waals surface area contributed by atoms with E-state index in [0.29, 0.717) is 5.92 Å². The minimum Gasteiger partial charge on any atom is -0.492 e. The predicted molar refractivity (Wildman–Crippen MR) is 77.9 cm³/mol. The van der Waals surface area contributed by atoms with Crippen molar-refractivity contribution in [1.82, 2.24) is 4.90 Å². The van der Waals surface area contributed by atoms with Gasteiger partial charge in [0.15, 0.2) is 0 Å². The van der Waals surface area contributed by atoms with Crippen molar-refractivity contribution in [1.29, 1.82) is 0 Å². The largest absolute Gasteiger partial charge is 0.492 e. The van der Waals surface area contributed by atoms with Crippen molar-refractivity contribution in [2.75, 3.05) is 39.5 Å². The number of hydrogen-bond donors (Lipinski definition) is 0. The molecular weight excluding hydrogens is 238 g/mol. The summed E-state index contributed by atoms with van der Waals surface area (Å²) in [6.07, 6.45) is 1.14. The Kier molecular flexibility index (Phi) is 5.67. The third-order valence-electron chi connectivity index (χ3n) is 3.83. The zero-order valence-electron chi connectivity index (χ0n) is 12.1. The molecule has 1 heterocycles. The van der Waals surface area contributed by atoms with Crippen molar-refractivity contribution in [3.05, 3.63) is 29.8 Å². The molecule has 0 N–H and O–H groups in total. The van der Waals surface area contributed by atoms with Crippen LogP contribution in [0.1, 0.15) is 31.7 Å². The molecule has 1 aromatic carbocycles. The lowest BCUT2D eigenvalue weighted by atomic mass is 9.98. The van der Waals surface area contributed by atoms with Crippen LogP contribution in [0.5, 0.6) is 5.75 Å². The maximum atomic E-state index is 5.98. The van der Waals surface area contributed by atoms with E-state index in [4.69, 9.17) is 9.47 Å². The number of rotatable bonds is 6. The van der Waals surface area contributed by atoms with Crippen LogP contribution in [0.15, 0.2) is 24.3 Å². The fourth-order valence-corrected chi connectivity index (χ4v) is 2.35. The molecule has 0 bridgehead atoms. The molecule has 1 aliphatic rings. The normalized spacial score (nSPS) is 18.2. The molecule has 0 spiro atoms. The Labute approximate surface area is 116 Å². The molecule has 1 aliphatic heterocycles. The number of nitrogens with zero attached hydrogens (tertiary/aromatic N) is 1. The van der Waals surface area contributed by atoms with Gasteiger partial charge in [-0.1, -0.05) is 32.0 Å². The van der Waals surface area contributed by atoms with Gasteiger partial charge in [0.1, 0.15) is 12.4 Å². The van der Waals surface area contributed by atoms with Crippen molar-refractivity contribution in [2.45, 2.75) is 26.2 Å². The minimum absolute atomic E-state index is 0.555. The van der Waals surface area contributed by atoms with Crippen molar-refractivity contribution >= 4 is 0 Å². The zero-order valence-corrected chi connectivity index (χ0v) is 12.1. The molecular formula is C16H25NO2. The lowest BCUT2D eigenvalue weighted by molar-refractivity contribution is 0.0322. The van der Waals surface area contributed by atoms with Gasteiger partial charge < -0.3 is 9.47 Å². The summed E-state index contributed by atoms with van der Waals surface area (Å²) in [4.78, 5) is 2.40. The van der Waals surface area contributed by atoms with Crippen LogP contribution in [-0.2, 0) is 4.74 Å². The fourth-order valence-electron chi connectivity index (χ4n) is 2.35. The smallest absolute Gasteiger partial charge is 0.122 e. The number of benzene rings is 1. The van der Waals surface area contributed by atoms with Gasteiger partial charge in [-0.05, 0) is 24.0 Å². The topological polar surface area (TPSA) is 21.7 Å². The second-order valence-corrected chi connectivity index (χ2v) is 5.15. The molecule has 2 rings (SSSR count). The summed E-state index contributed by atoms with van der Waals surface area (Å²) in [5.74, 6) is 1.60. The standard InChI is InChI=1S/C16H25NO2/c1-3-14(2)15-6-4-5-7-16(15)19-13-10-17-8-11-18-12-9-17/h4-7,14H,3,8-13H2,1-2H3. The Morgan fingerprint density at radius 3 is 2.74 bits per heavy atom. The zero-order chi connectivity index (χ0) is 13.5. The summed E-state index contributed by atoms with van der Waals surface area (Å²) in [6, 6.07) is 8.41. The van der Waals surface area contributed by atoms with Gasteiger partial charge in [-0.2, -0.15) is 0 Å². The first-order valence-electron chi connectivity index (χ1n) is 7.33. The van der Waals surface area contributed by atoms with Crippen LogP contribution in [0.2, 0.25) is 0 Å². The van der Waals surface area contributed by atoms with Crippen LogP contribution in [0, 0.1) is 0 Å². The Morgan fingerprint density at radius 2 is 2.00 bits per heavy atom. The van der Waals surface area contributed by atoms with Crippen molar-refractivity contribution in [2.24, 2.45) is 0 Å². The number of ether oxygens (including phenoxy) is 2. The minimum atomic E-state index is 0.555. The summed E-state index contributed by atoms with van der Waals surface area (Å²) in [5, 5.41) is 0. The first-order chi connectivity index (χ1) is 9.31. The highest BCUT2D eigenvalue weighted by Crippen LogP contribution is 2.28. The van der Waals surface area contributed by atoms with E-state index in [0.717, 1.165) is 51.6 Å². The van der Waals surface area contributed by atoms with Gasteiger partial charge in [-0.15, -0.1) is 0 Å². The van der Waals surface area contributed by atoms with Crippen molar-refractivity contribution < 1.29 is 9.47 Å². The van der Waals surface area contributed by atoms with Gasteiger partial charge in [-0.3, -0.25) is 4.90 Å². The van der Waals surface area contributed by atoms with E-state index >= 15 is 0 Å². The lowest BCUT2D eigenvalue weighted by Gasteiger charge is -2.26. The summed E-state index contributed by atoms with van der Waals surface area (Å²) < 4.78 is 11.3. The van der Waals surface area contributed by atoms with Crippen molar-refractivity contribution in [3.8, 4) is 5.75 Å². The van der Waals surface area contributed by atoms with E-state index in [1.54, 1.807) is 0 Å². The number of morpholine rings is 1.